The van der Waals surface area contributed by atoms with Crippen molar-refractivity contribution in [2.24, 2.45) is 0 Å². The zero-order valence-electron chi connectivity index (χ0n) is 6.23. The van der Waals surface area contributed by atoms with Crippen molar-refractivity contribution in [3.63, 3.8) is 0 Å². The average molecular weight is 182 g/mol. The number of nitrogens with zero attached hydrogens (tertiary/aromatic N) is 1. The van der Waals surface area contributed by atoms with Gasteiger partial charge in [0.15, 0.2) is 5.75 Å². The van der Waals surface area contributed by atoms with Crippen LogP contribution in [0.5, 0.6) is 0 Å². The van der Waals surface area contributed by atoms with Gasteiger partial charge < -0.3 is 5.11 Å². The van der Waals surface area contributed by atoms with Crippen LogP contribution in [0, 0.1) is 0 Å². The Morgan fingerprint density at radius 1 is 1.55 bits per heavy atom. The van der Waals surface area contributed by atoms with Gasteiger partial charge in [0.1, 0.15) is 0 Å². The largest absolute Gasteiger partial charge is 0.480 e. The Balaban J connectivity index is 4.14. The first-order valence-corrected chi connectivity index (χ1v) is 4.38. The first-order chi connectivity index (χ1) is 4.83. The van der Waals surface area contributed by atoms with E-state index in [-0.39, 0.29) is 0 Å². The van der Waals surface area contributed by atoms with E-state index in [1.54, 1.807) is 0 Å². The lowest BCUT2D eigenvalue weighted by molar-refractivity contribution is -0.134. The molecule has 0 aromatic heterocycles. The van der Waals surface area contributed by atoms with Gasteiger partial charge in [0, 0.05) is 14.1 Å². The van der Waals surface area contributed by atoms with Gasteiger partial charge in [-0.1, -0.05) is 0 Å². The van der Waals surface area contributed by atoms with Crippen LogP contribution in [0.15, 0.2) is 0 Å². The van der Waals surface area contributed by atoms with E-state index in [0.717, 1.165) is 5.01 Å². The average Bonchev–Trinajstić information content (AvgIpc) is 1.53. The predicted molar refractivity (Wildman–Crippen MR) is 38.2 cm³/mol. The maximum absolute atomic E-state index is 10.7. The maximum Gasteiger partial charge on any atom is 0.320 e. The van der Waals surface area contributed by atoms with E-state index in [0.29, 0.717) is 0 Å². The topological polar surface area (TPSA) is 86.7 Å². The third-order valence-electron chi connectivity index (χ3n) is 0.635. The van der Waals surface area contributed by atoms with Gasteiger partial charge in [0.05, 0.1) is 0 Å². The third-order valence-corrected chi connectivity index (χ3v) is 1.91. The van der Waals surface area contributed by atoms with Crippen LogP contribution in [-0.4, -0.2) is 44.4 Å². The van der Waals surface area contributed by atoms with E-state index in [1.165, 1.54) is 14.1 Å². The molecule has 0 aliphatic rings. The molecule has 0 amide bonds. The highest BCUT2D eigenvalue weighted by molar-refractivity contribution is 7.90. The summed E-state index contributed by atoms with van der Waals surface area (Å²) in [5.74, 6) is -2.29. The molecule has 66 valence electrons. The zero-order chi connectivity index (χ0) is 9.07. The quantitative estimate of drug-likeness (QED) is 0.515. The summed E-state index contributed by atoms with van der Waals surface area (Å²) in [5, 5.41) is 9.29. The van der Waals surface area contributed by atoms with Gasteiger partial charge in [-0.05, 0) is 0 Å². The van der Waals surface area contributed by atoms with E-state index >= 15 is 0 Å². The van der Waals surface area contributed by atoms with Crippen LogP contribution in [0.4, 0.5) is 0 Å². The molecule has 0 unspecified atom stereocenters. The fourth-order valence-electron chi connectivity index (χ4n) is 0.473. The van der Waals surface area contributed by atoms with Gasteiger partial charge >= 0.3 is 5.97 Å². The molecule has 0 aromatic carbocycles. The number of carbonyl (C=O) groups is 1. The Hall–Kier alpha value is -0.660. The van der Waals surface area contributed by atoms with Crippen LogP contribution in [0.25, 0.3) is 0 Å². The molecule has 0 spiro atoms. The predicted octanol–water partition coefficient (Wildman–Crippen LogP) is -1.53. The molecule has 7 heteroatoms. The van der Waals surface area contributed by atoms with Crippen LogP contribution in [0.2, 0.25) is 0 Å². The van der Waals surface area contributed by atoms with Gasteiger partial charge in [0.2, 0.25) is 10.0 Å². The summed E-state index contributed by atoms with van der Waals surface area (Å²) in [4.78, 5) is 11.9. The van der Waals surface area contributed by atoms with Gasteiger partial charge in [0.25, 0.3) is 0 Å². The second-order valence-electron chi connectivity index (χ2n) is 2.14. The lowest BCUT2D eigenvalue weighted by atomic mass is 10.8. The molecule has 6 nitrogen and oxygen atoms in total. The molecular weight excluding hydrogens is 172 g/mol. The monoisotopic (exact) mass is 182 g/mol. The molecule has 0 aliphatic heterocycles. The summed E-state index contributed by atoms with van der Waals surface area (Å²) in [6.45, 7) is 0. The Bertz CT molecular complexity index is 232. The van der Waals surface area contributed by atoms with Crippen molar-refractivity contribution in [3.05, 3.63) is 0 Å². The van der Waals surface area contributed by atoms with E-state index < -0.39 is 21.7 Å². The summed E-state index contributed by atoms with van der Waals surface area (Å²) in [6, 6.07) is 0. The molecule has 2 N–H and O–H groups in total. The first kappa shape index (κ1) is 10.3. The van der Waals surface area contributed by atoms with Crippen LogP contribution in [0.1, 0.15) is 0 Å². The SMILES string of the molecule is CN(C)NS(=O)(=O)CC(=O)O. The van der Waals surface area contributed by atoms with Gasteiger partial charge in [-0.3, -0.25) is 4.79 Å². The summed E-state index contributed by atoms with van der Waals surface area (Å²) in [6.07, 6.45) is 0. The van der Waals surface area contributed by atoms with E-state index in [4.69, 9.17) is 5.11 Å². The van der Waals surface area contributed by atoms with Gasteiger partial charge in [-0.25, -0.2) is 13.4 Å². The molecule has 0 radical (unpaired) electrons. The van der Waals surface area contributed by atoms with Crippen molar-refractivity contribution < 1.29 is 18.3 Å². The van der Waals surface area contributed by atoms with Crippen molar-refractivity contribution >= 4 is 16.0 Å². The Morgan fingerprint density at radius 3 is 2.27 bits per heavy atom. The molecule has 0 atom stereocenters. The molecular formula is C4H10N2O4S. The number of hydrazine groups is 1. The molecule has 0 rings (SSSR count). The Labute approximate surface area is 64.8 Å². The zero-order valence-corrected chi connectivity index (χ0v) is 7.05. The van der Waals surface area contributed by atoms with Crippen molar-refractivity contribution in [1.82, 2.24) is 9.84 Å². The minimum atomic E-state index is -3.70. The van der Waals surface area contributed by atoms with E-state index in [9.17, 15) is 13.2 Å². The van der Waals surface area contributed by atoms with Crippen LogP contribution >= 0.6 is 0 Å². The number of hydrogen-bond acceptors (Lipinski definition) is 4. The molecule has 0 saturated heterocycles. The van der Waals surface area contributed by atoms with E-state index in [1.807, 2.05) is 4.83 Å². The molecule has 11 heavy (non-hydrogen) atoms. The summed E-state index contributed by atoms with van der Waals surface area (Å²) >= 11 is 0. The van der Waals surface area contributed by atoms with Crippen molar-refractivity contribution in [3.8, 4) is 0 Å². The van der Waals surface area contributed by atoms with Crippen molar-refractivity contribution in [2.45, 2.75) is 0 Å². The van der Waals surface area contributed by atoms with Gasteiger partial charge in [-0.2, -0.15) is 0 Å². The lowest BCUT2D eigenvalue weighted by Crippen LogP contribution is -2.39. The van der Waals surface area contributed by atoms with Crippen LogP contribution < -0.4 is 4.83 Å². The van der Waals surface area contributed by atoms with Crippen molar-refractivity contribution in [2.75, 3.05) is 19.8 Å². The normalized spacial score (nSPS) is 11.9. The highest BCUT2D eigenvalue weighted by Crippen LogP contribution is 1.83. The lowest BCUT2D eigenvalue weighted by Gasteiger charge is -2.10. The summed E-state index contributed by atoms with van der Waals surface area (Å²) < 4.78 is 21.4. The number of carboxylic acids is 1. The fourth-order valence-corrected chi connectivity index (χ4v) is 1.42. The fraction of sp³-hybridized carbons (Fsp3) is 0.750. The maximum atomic E-state index is 10.7. The van der Waals surface area contributed by atoms with Gasteiger partial charge in [-0.15, -0.1) is 4.83 Å². The minimum Gasteiger partial charge on any atom is -0.480 e. The number of aliphatic carboxylic acids is 1. The van der Waals surface area contributed by atoms with Crippen molar-refractivity contribution in [1.29, 1.82) is 0 Å². The molecule has 0 aromatic rings. The second-order valence-corrected chi connectivity index (χ2v) is 3.84. The minimum absolute atomic E-state index is 0.912. The summed E-state index contributed by atoms with van der Waals surface area (Å²) in [7, 11) is -0.788. The number of sulfonamides is 1. The van der Waals surface area contributed by atoms with Crippen LogP contribution in [-0.2, 0) is 14.8 Å². The molecule has 0 fully saturated rings. The molecule has 0 saturated carbocycles. The smallest absolute Gasteiger partial charge is 0.320 e. The van der Waals surface area contributed by atoms with E-state index in [2.05, 4.69) is 0 Å². The third kappa shape index (κ3) is 5.77. The highest BCUT2D eigenvalue weighted by Gasteiger charge is 2.15. The highest BCUT2D eigenvalue weighted by atomic mass is 32.2. The molecule has 0 bridgehead atoms. The number of nitrogens with one attached hydrogen (secondary N) is 1. The number of carboxylic acid groups (broad SMARTS) is 1. The summed E-state index contributed by atoms with van der Waals surface area (Å²) in [5.41, 5.74) is 0. The standard InChI is InChI=1S/C4H10N2O4S/c1-6(2)5-11(9,10)3-4(7)8/h5H,3H2,1-2H3,(H,7,8). The Kier molecular flexibility index (Phi) is 3.43. The molecule has 0 heterocycles. The van der Waals surface area contributed by atoms with Crippen LogP contribution in [0.3, 0.4) is 0 Å². The number of hydrogen-bond donors (Lipinski definition) is 2. The Morgan fingerprint density at radius 2 is 2.00 bits per heavy atom. The first-order valence-electron chi connectivity index (χ1n) is 2.73. The second kappa shape index (κ2) is 3.65. The number of rotatable bonds is 4. The molecule has 0 aliphatic carbocycles.